The Morgan fingerprint density at radius 3 is 2.19 bits per heavy atom. The van der Waals surface area contributed by atoms with E-state index in [1.54, 1.807) is 0 Å². The van der Waals surface area contributed by atoms with Crippen molar-refractivity contribution in [1.29, 1.82) is 0 Å². The molecule has 0 aliphatic carbocycles. The maximum Gasteiger partial charge on any atom is 0.229 e. The van der Waals surface area contributed by atoms with Crippen LogP contribution in [0.4, 0.5) is 0 Å². The molecule has 0 aliphatic rings. The molecule has 0 radical (unpaired) electrons. The Morgan fingerprint density at radius 1 is 1.19 bits per heavy atom. The SMILES string of the molecule is C/C=C(\NC(=O)C(C)(C)C)c1ccccc1. The average Bonchev–Trinajstić information content (AvgIpc) is 2.25. The first kappa shape index (κ1) is 12.5. The standard InChI is InChI=1S/C14H19NO/c1-5-12(11-9-7-6-8-10-11)15-13(16)14(2,3)4/h5-10H,1-4H3,(H,15,16)/b12-5-. The smallest absolute Gasteiger partial charge is 0.229 e. The van der Waals surface area contributed by atoms with Crippen LogP contribution in [0.3, 0.4) is 0 Å². The zero-order valence-electron chi connectivity index (χ0n) is 10.4. The van der Waals surface area contributed by atoms with Crippen molar-refractivity contribution < 1.29 is 4.79 Å². The van der Waals surface area contributed by atoms with Gasteiger partial charge in [0, 0.05) is 11.1 Å². The molecule has 0 unspecified atom stereocenters. The molecule has 16 heavy (non-hydrogen) atoms. The van der Waals surface area contributed by atoms with Gasteiger partial charge in [-0.05, 0) is 12.5 Å². The summed E-state index contributed by atoms with van der Waals surface area (Å²) >= 11 is 0. The van der Waals surface area contributed by atoms with Crippen molar-refractivity contribution in [2.45, 2.75) is 27.7 Å². The quantitative estimate of drug-likeness (QED) is 0.809. The number of carbonyl (C=O) groups is 1. The molecule has 1 N–H and O–H groups in total. The number of amides is 1. The highest BCUT2D eigenvalue weighted by Crippen LogP contribution is 2.17. The molecule has 0 bridgehead atoms. The van der Waals surface area contributed by atoms with Crippen molar-refractivity contribution in [3.8, 4) is 0 Å². The van der Waals surface area contributed by atoms with E-state index < -0.39 is 0 Å². The minimum absolute atomic E-state index is 0.0319. The molecule has 0 saturated heterocycles. The van der Waals surface area contributed by atoms with Crippen LogP contribution in [0.15, 0.2) is 36.4 Å². The predicted octanol–water partition coefficient (Wildman–Crippen LogP) is 3.21. The molecule has 1 rings (SSSR count). The third-order valence-corrected chi connectivity index (χ3v) is 2.30. The van der Waals surface area contributed by atoms with Gasteiger partial charge in [-0.1, -0.05) is 57.2 Å². The highest BCUT2D eigenvalue weighted by molar-refractivity contribution is 5.90. The molecule has 0 aromatic heterocycles. The number of benzene rings is 1. The zero-order chi connectivity index (χ0) is 12.2. The topological polar surface area (TPSA) is 29.1 Å². The third-order valence-electron chi connectivity index (χ3n) is 2.30. The molecular formula is C14H19NO. The lowest BCUT2D eigenvalue weighted by molar-refractivity contribution is -0.127. The first-order chi connectivity index (χ1) is 7.45. The summed E-state index contributed by atoms with van der Waals surface area (Å²) in [5.41, 5.74) is 1.52. The highest BCUT2D eigenvalue weighted by atomic mass is 16.2. The van der Waals surface area contributed by atoms with Gasteiger partial charge in [0.15, 0.2) is 0 Å². The Labute approximate surface area is 97.4 Å². The Hall–Kier alpha value is -1.57. The van der Waals surface area contributed by atoms with Crippen LogP contribution in [0.2, 0.25) is 0 Å². The van der Waals surface area contributed by atoms with Crippen molar-refractivity contribution in [3.63, 3.8) is 0 Å². The van der Waals surface area contributed by atoms with Crippen LogP contribution >= 0.6 is 0 Å². The highest BCUT2D eigenvalue weighted by Gasteiger charge is 2.21. The number of nitrogens with one attached hydrogen (secondary N) is 1. The van der Waals surface area contributed by atoms with Crippen LogP contribution in [0, 0.1) is 5.41 Å². The second-order valence-electron chi connectivity index (χ2n) is 4.77. The van der Waals surface area contributed by atoms with Crippen molar-refractivity contribution in [2.75, 3.05) is 0 Å². The van der Waals surface area contributed by atoms with Crippen LogP contribution < -0.4 is 5.32 Å². The summed E-state index contributed by atoms with van der Waals surface area (Å²) in [6.07, 6.45) is 1.92. The normalized spacial score (nSPS) is 12.4. The fraction of sp³-hybridized carbons (Fsp3) is 0.357. The number of hydrogen-bond donors (Lipinski definition) is 1. The molecule has 0 aliphatic heterocycles. The molecule has 0 fully saturated rings. The minimum atomic E-state index is -0.372. The predicted molar refractivity (Wildman–Crippen MR) is 67.7 cm³/mol. The lowest BCUT2D eigenvalue weighted by atomic mass is 9.95. The van der Waals surface area contributed by atoms with Gasteiger partial charge in [0.1, 0.15) is 0 Å². The summed E-state index contributed by atoms with van der Waals surface area (Å²) in [6, 6.07) is 9.85. The molecule has 1 amide bonds. The van der Waals surface area contributed by atoms with Crippen molar-refractivity contribution in [1.82, 2.24) is 5.32 Å². The summed E-state index contributed by atoms with van der Waals surface area (Å²) in [5, 5.41) is 2.95. The Kier molecular flexibility index (Phi) is 3.88. The summed E-state index contributed by atoms with van der Waals surface area (Å²) in [7, 11) is 0. The van der Waals surface area contributed by atoms with E-state index in [0.717, 1.165) is 11.3 Å². The lowest BCUT2D eigenvalue weighted by Crippen LogP contribution is -2.33. The maximum absolute atomic E-state index is 11.9. The van der Waals surface area contributed by atoms with Crippen LogP contribution in [0.1, 0.15) is 33.3 Å². The number of carbonyl (C=O) groups excluding carboxylic acids is 1. The van der Waals surface area contributed by atoms with Crippen LogP contribution in [0.25, 0.3) is 5.70 Å². The molecule has 0 atom stereocenters. The monoisotopic (exact) mass is 217 g/mol. The van der Waals surface area contributed by atoms with Gasteiger partial charge in [0.2, 0.25) is 5.91 Å². The third kappa shape index (κ3) is 3.23. The first-order valence-corrected chi connectivity index (χ1v) is 5.48. The van der Waals surface area contributed by atoms with Gasteiger partial charge in [-0.3, -0.25) is 4.79 Å². The van der Waals surface area contributed by atoms with Gasteiger partial charge >= 0.3 is 0 Å². The van der Waals surface area contributed by atoms with E-state index in [1.165, 1.54) is 0 Å². The second-order valence-corrected chi connectivity index (χ2v) is 4.77. The number of rotatable bonds is 2. The van der Waals surface area contributed by atoms with Gasteiger partial charge < -0.3 is 5.32 Å². The van der Waals surface area contributed by atoms with E-state index in [1.807, 2.05) is 64.1 Å². The minimum Gasteiger partial charge on any atom is -0.325 e. The fourth-order valence-corrected chi connectivity index (χ4v) is 1.24. The number of allylic oxidation sites excluding steroid dienone is 1. The average molecular weight is 217 g/mol. The molecule has 0 saturated carbocycles. The van der Waals surface area contributed by atoms with E-state index >= 15 is 0 Å². The molecule has 0 heterocycles. The van der Waals surface area contributed by atoms with E-state index in [2.05, 4.69) is 5.32 Å². The molecule has 2 heteroatoms. The van der Waals surface area contributed by atoms with Gasteiger partial charge in [0.25, 0.3) is 0 Å². The summed E-state index contributed by atoms with van der Waals surface area (Å²) in [4.78, 5) is 11.9. The fourth-order valence-electron chi connectivity index (χ4n) is 1.24. The molecular weight excluding hydrogens is 198 g/mol. The van der Waals surface area contributed by atoms with E-state index in [9.17, 15) is 4.79 Å². The van der Waals surface area contributed by atoms with E-state index in [0.29, 0.717) is 0 Å². The van der Waals surface area contributed by atoms with E-state index in [-0.39, 0.29) is 11.3 Å². The van der Waals surface area contributed by atoms with Gasteiger partial charge in [-0.2, -0.15) is 0 Å². The maximum atomic E-state index is 11.9. The Bertz CT molecular complexity index is 385. The molecule has 2 nitrogen and oxygen atoms in total. The van der Waals surface area contributed by atoms with E-state index in [4.69, 9.17) is 0 Å². The summed E-state index contributed by atoms with van der Waals surface area (Å²) in [5.74, 6) is 0.0319. The molecule has 1 aromatic rings. The van der Waals surface area contributed by atoms with Gasteiger partial charge in [-0.15, -0.1) is 0 Å². The summed E-state index contributed by atoms with van der Waals surface area (Å²) < 4.78 is 0. The largest absolute Gasteiger partial charge is 0.325 e. The number of hydrogen-bond acceptors (Lipinski definition) is 1. The zero-order valence-corrected chi connectivity index (χ0v) is 10.4. The molecule has 86 valence electrons. The molecule has 1 aromatic carbocycles. The van der Waals surface area contributed by atoms with Crippen molar-refractivity contribution >= 4 is 11.6 Å². The second kappa shape index (κ2) is 4.97. The van der Waals surface area contributed by atoms with Crippen LogP contribution in [-0.4, -0.2) is 5.91 Å². The lowest BCUT2D eigenvalue weighted by Gasteiger charge is -2.19. The first-order valence-electron chi connectivity index (χ1n) is 5.48. The molecule has 0 spiro atoms. The van der Waals surface area contributed by atoms with Gasteiger partial charge in [-0.25, -0.2) is 0 Å². The van der Waals surface area contributed by atoms with Crippen LogP contribution in [-0.2, 0) is 4.79 Å². The van der Waals surface area contributed by atoms with Gasteiger partial charge in [0.05, 0.1) is 0 Å². The van der Waals surface area contributed by atoms with Crippen molar-refractivity contribution in [2.24, 2.45) is 5.41 Å². The Morgan fingerprint density at radius 2 is 1.75 bits per heavy atom. The summed E-state index contributed by atoms with van der Waals surface area (Å²) in [6.45, 7) is 7.63. The Balaban J connectivity index is 2.84. The van der Waals surface area contributed by atoms with Crippen molar-refractivity contribution in [3.05, 3.63) is 42.0 Å². The van der Waals surface area contributed by atoms with Crippen LogP contribution in [0.5, 0.6) is 0 Å².